The molecule has 106 valence electrons. The van der Waals surface area contributed by atoms with Crippen molar-refractivity contribution in [2.45, 2.75) is 52.0 Å². The Balaban J connectivity index is 2.03. The van der Waals surface area contributed by atoms with Crippen LogP contribution in [0.15, 0.2) is 18.3 Å². The van der Waals surface area contributed by atoms with Crippen molar-refractivity contribution in [1.82, 2.24) is 9.88 Å². The van der Waals surface area contributed by atoms with Gasteiger partial charge in [-0.3, -0.25) is 4.90 Å². The van der Waals surface area contributed by atoms with Gasteiger partial charge in [-0.1, -0.05) is 25.8 Å². The Morgan fingerprint density at radius 2 is 2.21 bits per heavy atom. The van der Waals surface area contributed by atoms with Crippen LogP contribution in [0.25, 0.3) is 0 Å². The summed E-state index contributed by atoms with van der Waals surface area (Å²) in [6.45, 7) is 7.78. The largest absolute Gasteiger partial charge is 0.370 e. The normalized spacial score (nSPS) is 20.4. The summed E-state index contributed by atoms with van der Waals surface area (Å²) >= 11 is 0. The molecule has 2 rings (SSSR count). The molecule has 0 unspecified atom stereocenters. The van der Waals surface area contributed by atoms with Gasteiger partial charge >= 0.3 is 0 Å². The average molecular weight is 261 g/mol. The Hall–Kier alpha value is -1.09. The number of unbranched alkanes of at least 4 members (excludes halogenated alkanes) is 1. The highest BCUT2D eigenvalue weighted by Crippen LogP contribution is 2.30. The summed E-state index contributed by atoms with van der Waals surface area (Å²) in [4.78, 5) is 7.17. The van der Waals surface area contributed by atoms with Gasteiger partial charge in [0.2, 0.25) is 0 Å². The van der Waals surface area contributed by atoms with E-state index in [9.17, 15) is 0 Å². The Morgan fingerprint density at radius 1 is 1.32 bits per heavy atom. The molecule has 0 saturated carbocycles. The van der Waals surface area contributed by atoms with E-state index in [0.29, 0.717) is 6.04 Å². The molecule has 3 nitrogen and oxygen atoms in total. The van der Waals surface area contributed by atoms with Crippen molar-refractivity contribution >= 4 is 5.82 Å². The number of hydrogen-bond acceptors (Lipinski definition) is 3. The van der Waals surface area contributed by atoms with Crippen LogP contribution in [-0.2, 0) is 0 Å². The van der Waals surface area contributed by atoms with E-state index in [1.165, 1.54) is 50.8 Å². The Kier molecular flexibility index (Phi) is 5.64. The molecule has 0 amide bonds. The highest BCUT2D eigenvalue weighted by atomic mass is 15.2. The van der Waals surface area contributed by atoms with Crippen LogP contribution in [-0.4, -0.2) is 29.5 Å². The molecule has 0 radical (unpaired) electrons. The third-order valence-corrected chi connectivity index (χ3v) is 3.94. The van der Waals surface area contributed by atoms with Crippen molar-refractivity contribution in [3.8, 4) is 0 Å². The Morgan fingerprint density at radius 3 is 2.89 bits per heavy atom. The molecule has 0 bridgehead atoms. The van der Waals surface area contributed by atoms with Crippen molar-refractivity contribution in [3.05, 3.63) is 23.9 Å². The van der Waals surface area contributed by atoms with Gasteiger partial charge < -0.3 is 5.32 Å². The van der Waals surface area contributed by atoms with Gasteiger partial charge in [0.15, 0.2) is 0 Å². The summed E-state index contributed by atoms with van der Waals surface area (Å²) in [5, 5.41) is 3.26. The van der Waals surface area contributed by atoms with Crippen LogP contribution >= 0.6 is 0 Å². The second-order valence-electron chi connectivity index (χ2n) is 5.41. The lowest BCUT2D eigenvalue weighted by atomic mass is 9.96. The van der Waals surface area contributed by atoms with E-state index in [2.05, 4.69) is 47.4 Å². The van der Waals surface area contributed by atoms with Crippen LogP contribution in [0.1, 0.15) is 57.6 Å². The van der Waals surface area contributed by atoms with Crippen LogP contribution < -0.4 is 5.32 Å². The molecule has 1 atom stereocenters. The summed E-state index contributed by atoms with van der Waals surface area (Å²) in [7, 11) is 0. The van der Waals surface area contributed by atoms with Gasteiger partial charge in [-0.25, -0.2) is 4.98 Å². The highest BCUT2D eigenvalue weighted by Gasteiger charge is 2.23. The number of hydrogen-bond donors (Lipinski definition) is 1. The van der Waals surface area contributed by atoms with E-state index < -0.39 is 0 Å². The first-order valence-corrected chi connectivity index (χ1v) is 7.79. The lowest BCUT2D eigenvalue weighted by Gasteiger charge is -2.36. The second kappa shape index (κ2) is 7.49. The lowest BCUT2D eigenvalue weighted by Crippen LogP contribution is -2.34. The van der Waals surface area contributed by atoms with E-state index >= 15 is 0 Å². The standard InChI is InChI=1S/C16H27N3/c1-3-5-11-19-12-7-6-8-15(19)14-9-10-16(17-4-2)18-13-14/h9-10,13,15H,3-8,11-12H2,1-2H3,(H,17,18)/t15-/m1/s1. The Labute approximate surface area is 117 Å². The third-order valence-electron chi connectivity index (χ3n) is 3.94. The molecule has 1 N–H and O–H groups in total. The van der Waals surface area contributed by atoms with Gasteiger partial charge in [-0.2, -0.15) is 0 Å². The van der Waals surface area contributed by atoms with Crippen molar-refractivity contribution < 1.29 is 0 Å². The predicted molar refractivity (Wildman–Crippen MR) is 81.5 cm³/mol. The molecule has 0 spiro atoms. The third kappa shape index (κ3) is 3.93. The molecule has 2 heterocycles. The van der Waals surface area contributed by atoms with E-state index in [4.69, 9.17) is 0 Å². The van der Waals surface area contributed by atoms with Crippen molar-refractivity contribution in [2.75, 3.05) is 25.0 Å². The predicted octanol–water partition coefficient (Wildman–Crippen LogP) is 3.84. The molecule has 0 aliphatic carbocycles. The van der Waals surface area contributed by atoms with Crippen LogP contribution in [0.4, 0.5) is 5.82 Å². The average Bonchev–Trinajstić information content (AvgIpc) is 2.47. The first-order chi connectivity index (χ1) is 9.35. The molecule has 1 aromatic rings. The van der Waals surface area contributed by atoms with Crippen LogP contribution in [0, 0.1) is 0 Å². The number of anilines is 1. The highest BCUT2D eigenvalue weighted by molar-refractivity contribution is 5.36. The van der Waals surface area contributed by atoms with Gasteiger partial charge in [0.05, 0.1) is 0 Å². The quantitative estimate of drug-likeness (QED) is 0.843. The monoisotopic (exact) mass is 261 g/mol. The number of piperidine rings is 1. The van der Waals surface area contributed by atoms with E-state index in [0.717, 1.165) is 12.4 Å². The smallest absolute Gasteiger partial charge is 0.125 e. The number of rotatable bonds is 6. The summed E-state index contributed by atoms with van der Waals surface area (Å²) < 4.78 is 0. The van der Waals surface area contributed by atoms with Crippen LogP contribution in [0.5, 0.6) is 0 Å². The minimum atomic E-state index is 0.587. The molecule has 19 heavy (non-hydrogen) atoms. The summed E-state index contributed by atoms with van der Waals surface area (Å²) in [5.74, 6) is 0.988. The minimum Gasteiger partial charge on any atom is -0.370 e. The Bertz CT molecular complexity index is 361. The van der Waals surface area contributed by atoms with Crippen molar-refractivity contribution in [1.29, 1.82) is 0 Å². The number of likely N-dealkylation sites (tertiary alicyclic amines) is 1. The van der Waals surface area contributed by atoms with Gasteiger partial charge in [0, 0.05) is 18.8 Å². The molecule has 1 aromatic heterocycles. The molecule has 3 heteroatoms. The van der Waals surface area contributed by atoms with Crippen molar-refractivity contribution in [3.63, 3.8) is 0 Å². The first kappa shape index (κ1) is 14.3. The molecule has 1 aliphatic rings. The molecular formula is C16H27N3. The number of nitrogens with one attached hydrogen (secondary N) is 1. The van der Waals surface area contributed by atoms with E-state index in [-0.39, 0.29) is 0 Å². The molecule has 1 saturated heterocycles. The fourth-order valence-electron chi connectivity index (χ4n) is 2.89. The summed E-state index contributed by atoms with van der Waals surface area (Å²) in [5.41, 5.74) is 1.39. The number of aromatic nitrogens is 1. The van der Waals surface area contributed by atoms with Gasteiger partial charge in [-0.05, 0) is 50.9 Å². The molecular weight excluding hydrogens is 234 g/mol. The molecule has 0 aromatic carbocycles. The summed E-state index contributed by atoms with van der Waals surface area (Å²) in [6.07, 6.45) is 8.63. The first-order valence-electron chi connectivity index (χ1n) is 7.79. The lowest BCUT2D eigenvalue weighted by molar-refractivity contribution is 0.146. The number of pyridine rings is 1. The zero-order valence-electron chi connectivity index (χ0n) is 12.4. The van der Waals surface area contributed by atoms with Gasteiger partial charge in [0.1, 0.15) is 5.82 Å². The fraction of sp³-hybridized carbons (Fsp3) is 0.688. The maximum Gasteiger partial charge on any atom is 0.125 e. The topological polar surface area (TPSA) is 28.2 Å². The summed E-state index contributed by atoms with van der Waals surface area (Å²) in [6, 6.07) is 4.95. The van der Waals surface area contributed by atoms with Crippen LogP contribution in [0.3, 0.4) is 0 Å². The second-order valence-corrected chi connectivity index (χ2v) is 5.41. The zero-order valence-corrected chi connectivity index (χ0v) is 12.4. The van der Waals surface area contributed by atoms with E-state index in [1.807, 2.05) is 0 Å². The molecule has 1 aliphatic heterocycles. The number of nitrogens with zero attached hydrogens (tertiary/aromatic N) is 2. The van der Waals surface area contributed by atoms with Crippen molar-refractivity contribution in [2.24, 2.45) is 0 Å². The van der Waals surface area contributed by atoms with Gasteiger partial charge in [-0.15, -0.1) is 0 Å². The van der Waals surface area contributed by atoms with Crippen LogP contribution in [0.2, 0.25) is 0 Å². The maximum absolute atomic E-state index is 4.52. The minimum absolute atomic E-state index is 0.587. The van der Waals surface area contributed by atoms with E-state index in [1.54, 1.807) is 0 Å². The molecule has 1 fully saturated rings. The SMILES string of the molecule is CCCCN1CCCC[C@@H]1c1ccc(NCC)nc1. The van der Waals surface area contributed by atoms with Gasteiger partial charge in [0.25, 0.3) is 0 Å². The maximum atomic E-state index is 4.52. The fourth-order valence-corrected chi connectivity index (χ4v) is 2.89. The zero-order chi connectivity index (χ0) is 13.5.